The summed E-state index contributed by atoms with van der Waals surface area (Å²) in [5.74, 6) is 0.595. The molecule has 0 spiro atoms. The predicted molar refractivity (Wildman–Crippen MR) is 66.1 cm³/mol. The third kappa shape index (κ3) is 4.14. The number of hydrogen-bond acceptors (Lipinski definition) is 4. The van der Waals surface area contributed by atoms with Gasteiger partial charge < -0.3 is 10.6 Å². The Hall–Kier alpha value is -1.17. The number of rotatable bonds is 5. The van der Waals surface area contributed by atoms with E-state index in [2.05, 4.69) is 36.5 Å². The van der Waals surface area contributed by atoms with Gasteiger partial charge in [0.2, 0.25) is 5.91 Å². The zero-order valence-electron chi connectivity index (χ0n) is 9.33. The molecule has 0 saturated heterocycles. The SMILES string of the molecule is CCCNC(=O)C(C)Nc1cc(Br)ncn1. The summed E-state index contributed by atoms with van der Waals surface area (Å²) in [6, 6.07) is 1.41. The van der Waals surface area contributed by atoms with Crippen LogP contribution in [0.3, 0.4) is 0 Å². The van der Waals surface area contributed by atoms with Gasteiger partial charge in [-0.3, -0.25) is 4.79 Å². The minimum absolute atomic E-state index is 0.0309. The Morgan fingerprint density at radius 2 is 2.31 bits per heavy atom. The van der Waals surface area contributed by atoms with Crippen molar-refractivity contribution in [2.45, 2.75) is 26.3 Å². The average molecular weight is 287 g/mol. The van der Waals surface area contributed by atoms with Crippen molar-refractivity contribution in [3.05, 3.63) is 17.0 Å². The summed E-state index contributed by atoms with van der Waals surface area (Å²) in [6.07, 6.45) is 2.36. The van der Waals surface area contributed by atoms with Crippen LogP contribution in [0.4, 0.5) is 5.82 Å². The summed E-state index contributed by atoms with van der Waals surface area (Å²) >= 11 is 3.24. The smallest absolute Gasteiger partial charge is 0.242 e. The number of aromatic nitrogens is 2. The molecule has 1 aromatic heterocycles. The molecule has 0 fully saturated rings. The fourth-order valence-electron chi connectivity index (χ4n) is 1.10. The number of hydrogen-bond donors (Lipinski definition) is 2. The van der Waals surface area contributed by atoms with E-state index in [-0.39, 0.29) is 11.9 Å². The molecule has 1 amide bonds. The number of amides is 1. The summed E-state index contributed by atoms with van der Waals surface area (Å²) in [5.41, 5.74) is 0. The number of carbonyl (C=O) groups is 1. The summed E-state index contributed by atoms with van der Waals surface area (Å²) in [7, 11) is 0. The normalized spacial score (nSPS) is 11.9. The van der Waals surface area contributed by atoms with Gasteiger partial charge in [0.1, 0.15) is 22.8 Å². The minimum atomic E-state index is -0.312. The van der Waals surface area contributed by atoms with Crippen molar-refractivity contribution in [2.24, 2.45) is 0 Å². The Bertz CT molecular complexity index is 358. The van der Waals surface area contributed by atoms with Crippen molar-refractivity contribution in [1.82, 2.24) is 15.3 Å². The Morgan fingerprint density at radius 1 is 1.56 bits per heavy atom. The lowest BCUT2D eigenvalue weighted by Gasteiger charge is -2.13. The molecule has 0 radical (unpaired) electrons. The first-order valence-corrected chi connectivity index (χ1v) is 5.94. The van der Waals surface area contributed by atoms with Crippen LogP contribution in [-0.2, 0) is 4.79 Å². The summed E-state index contributed by atoms with van der Waals surface area (Å²) in [6.45, 7) is 4.50. The van der Waals surface area contributed by atoms with E-state index in [1.54, 1.807) is 13.0 Å². The third-order valence-corrected chi connectivity index (χ3v) is 2.37. The first-order valence-electron chi connectivity index (χ1n) is 5.15. The molecule has 1 unspecified atom stereocenters. The van der Waals surface area contributed by atoms with Gasteiger partial charge in [-0.1, -0.05) is 6.92 Å². The second kappa shape index (κ2) is 6.42. The molecule has 0 aliphatic heterocycles. The fraction of sp³-hybridized carbons (Fsp3) is 0.500. The van der Waals surface area contributed by atoms with E-state index in [0.29, 0.717) is 17.0 Å². The highest BCUT2D eigenvalue weighted by Crippen LogP contribution is 2.10. The van der Waals surface area contributed by atoms with Crippen LogP contribution in [0, 0.1) is 0 Å². The number of halogens is 1. The quantitative estimate of drug-likeness (QED) is 0.807. The van der Waals surface area contributed by atoms with Crippen LogP contribution in [0.1, 0.15) is 20.3 Å². The molecule has 16 heavy (non-hydrogen) atoms. The van der Waals surface area contributed by atoms with E-state index in [4.69, 9.17) is 0 Å². The molecule has 6 heteroatoms. The van der Waals surface area contributed by atoms with E-state index < -0.39 is 0 Å². The van der Waals surface area contributed by atoms with Crippen molar-refractivity contribution in [3.8, 4) is 0 Å². The molecule has 2 N–H and O–H groups in total. The largest absolute Gasteiger partial charge is 0.358 e. The number of nitrogens with one attached hydrogen (secondary N) is 2. The first kappa shape index (κ1) is 12.9. The molecule has 88 valence electrons. The van der Waals surface area contributed by atoms with Gasteiger partial charge in [-0.05, 0) is 29.3 Å². The molecule has 0 aliphatic rings. The molecule has 0 bridgehead atoms. The molecule has 0 aliphatic carbocycles. The molecule has 1 atom stereocenters. The van der Waals surface area contributed by atoms with Crippen molar-refractivity contribution in [3.63, 3.8) is 0 Å². The monoisotopic (exact) mass is 286 g/mol. The zero-order chi connectivity index (χ0) is 12.0. The molecule has 0 aromatic carbocycles. The fourth-order valence-corrected chi connectivity index (χ4v) is 1.41. The molecular formula is C10H15BrN4O. The summed E-state index contributed by atoms with van der Waals surface area (Å²) in [4.78, 5) is 19.5. The van der Waals surface area contributed by atoms with Gasteiger partial charge in [0.25, 0.3) is 0 Å². The number of carbonyl (C=O) groups excluding carboxylic acids is 1. The van der Waals surface area contributed by atoms with E-state index in [1.165, 1.54) is 6.33 Å². The van der Waals surface area contributed by atoms with Crippen molar-refractivity contribution < 1.29 is 4.79 Å². The van der Waals surface area contributed by atoms with Gasteiger partial charge >= 0.3 is 0 Å². The van der Waals surface area contributed by atoms with E-state index in [9.17, 15) is 4.79 Å². The number of anilines is 1. The lowest BCUT2D eigenvalue weighted by molar-refractivity contribution is -0.121. The molecule has 1 rings (SSSR count). The Kier molecular flexibility index (Phi) is 5.18. The lowest BCUT2D eigenvalue weighted by atomic mass is 10.3. The van der Waals surface area contributed by atoms with Crippen LogP contribution >= 0.6 is 15.9 Å². The standard InChI is InChI=1S/C10H15BrN4O/c1-3-4-12-10(16)7(2)15-9-5-8(11)13-6-14-9/h5-7H,3-4H2,1-2H3,(H,12,16)(H,13,14,15). The second-order valence-electron chi connectivity index (χ2n) is 3.38. The van der Waals surface area contributed by atoms with Gasteiger partial charge in [-0.15, -0.1) is 0 Å². The van der Waals surface area contributed by atoms with Crippen molar-refractivity contribution in [1.29, 1.82) is 0 Å². The van der Waals surface area contributed by atoms with Gasteiger partial charge in [-0.2, -0.15) is 0 Å². The van der Waals surface area contributed by atoms with Gasteiger partial charge in [-0.25, -0.2) is 9.97 Å². The van der Waals surface area contributed by atoms with Crippen LogP contribution in [0.5, 0.6) is 0 Å². The van der Waals surface area contributed by atoms with Gasteiger partial charge in [0.05, 0.1) is 0 Å². The Balaban J connectivity index is 2.50. The van der Waals surface area contributed by atoms with Crippen LogP contribution < -0.4 is 10.6 Å². The average Bonchev–Trinajstić information content (AvgIpc) is 2.25. The maximum atomic E-state index is 11.6. The molecule has 1 aromatic rings. The Morgan fingerprint density at radius 3 is 2.94 bits per heavy atom. The molecule has 0 saturated carbocycles. The summed E-state index contributed by atoms with van der Waals surface area (Å²) < 4.78 is 0.686. The Labute approximate surface area is 103 Å². The second-order valence-corrected chi connectivity index (χ2v) is 4.20. The van der Waals surface area contributed by atoms with Crippen molar-refractivity contribution in [2.75, 3.05) is 11.9 Å². The van der Waals surface area contributed by atoms with E-state index in [0.717, 1.165) is 6.42 Å². The van der Waals surface area contributed by atoms with E-state index >= 15 is 0 Å². The molecule has 1 heterocycles. The maximum Gasteiger partial charge on any atom is 0.242 e. The number of nitrogens with zero attached hydrogens (tertiary/aromatic N) is 2. The minimum Gasteiger partial charge on any atom is -0.358 e. The van der Waals surface area contributed by atoms with Crippen LogP contribution in [0.15, 0.2) is 17.0 Å². The topological polar surface area (TPSA) is 66.9 Å². The van der Waals surface area contributed by atoms with Crippen LogP contribution in [0.25, 0.3) is 0 Å². The third-order valence-electron chi connectivity index (χ3n) is 1.94. The molecule has 5 nitrogen and oxygen atoms in total. The molecular weight excluding hydrogens is 272 g/mol. The van der Waals surface area contributed by atoms with E-state index in [1.807, 2.05) is 6.92 Å². The van der Waals surface area contributed by atoms with Crippen molar-refractivity contribution >= 4 is 27.7 Å². The maximum absolute atomic E-state index is 11.6. The van der Waals surface area contributed by atoms with Crippen LogP contribution in [0.2, 0.25) is 0 Å². The summed E-state index contributed by atoms with van der Waals surface area (Å²) in [5, 5.41) is 5.81. The highest BCUT2D eigenvalue weighted by Gasteiger charge is 2.12. The van der Waals surface area contributed by atoms with Gasteiger partial charge in [0.15, 0.2) is 0 Å². The highest BCUT2D eigenvalue weighted by molar-refractivity contribution is 9.10. The zero-order valence-corrected chi connectivity index (χ0v) is 10.9. The first-order chi connectivity index (χ1) is 7.63. The van der Waals surface area contributed by atoms with Crippen LogP contribution in [-0.4, -0.2) is 28.5 Å². The lowest BCUT2D eigenvalue weighted by Crippen LogP contribution is -2.38. The predicted octanol–water partition coefficient (Wildman–Crippen LogP) is 1.57. The highest BCUT2D eigenvalue weighted by atomic mass is 79.9. The van der Waals surface area contributed by atoms with Gasteiger partial charge in [0, 0.05) is 12.6 Å².